The first-order chi connectivity index (χ1) is 10.9. The Morgan fingerprint density at radius 3 is 2.74 bits per heavy atom. The van der Waals surface area contributed by atoms with Crippen molar-refractivity contribution in [1.29, 1.82) is 0 Å². The zero-order chi connectivity index (χ0) is 16.7. The summed E-state index contributed by atoms with van der Waals surface area (Å²) in [7, 11) is 0. The highest BCUT2D eigenvalue weighted by Gasteiger charge is 2.41. The average molecular weight is 319 g/mol. The molecule has 2 heterocycles. The highest BCUT2D eigenvalue weighted by Crippen LogP contribution is 2.24. The zero-order valence-electron chi connectivity index (χ0n) is 11.9. The molecule has 0 saturated heterocycles. The second kappa shape index (κ2) is 5.27. The Morgan fingerprint density at radius 2 is 2.04 bits per heavy atom. The van der Waals surface area contributed by atoms with E-state index in [2.05, 4.69) is 20.8 Å². The summed E-state index contributed by atoms with van der Waals surface area (Å²) in [5.41, 5.74) is 6.16. The number of benzene rings is 1. The Hall–Kier alpha value is -3.10. The fourth-order valence-corrected chi connectivity index (χ4v) is 2.39. The van der Waals surface area contributed by atoms with Gasteiger partial charge in [-0.15, -0.1) is 5.10 Å². The number of halogens is 2. The first-order valence-electron chi connectivity index (χ1n) is 6.58. The topological polar surface area (TPSA) is 109 Å². The van der Waals surface area contributed by atoms with E-state index in [0.717, 1.165) is 12.1 Å². The molecule has 1 atom stereocenters. The molecule has 0 spiro atoms. The standard InChI is InChI=1S/C14H11F2N5O2/c1-5-9(11-10(14(23)18-5)12(17)21-20-11)13(22)19-6-2-3-7(15)8(16)4-6/h2-4,10H,1H3,(H2,17,21)(H,18,23)(H,19,22). The van der Waals surface area contributed by atoms with E-state index in [1.165, 1.54) is 13.0 Å². The van der Waals surface area contributed by atoms with Crippen LogP contribution in [-0.4, -0.2) is 23.4 Å². The Kier molecular flexibility index (Phi) is 3.40. The number of rotatable bonds is 2. The number of carbonyl (C=O) groups excluding carboxylic acids is 2. The number of amidine groups is 1. The number of hydrogen-bond donors (Lipinski definition) is 3. The number of allylic oxidation sites excluding steroid dienone is 1. The van der Waals surface area contributed by atoms with Crippen LogP contribution in [0.4, 0.5) is 14.5 Å². The van der Waals surface area contributed by atoms with Gasteiger partial charge in [-0.25, -0.2) is 8.78 Å². The summed E-state index contributed by atoms with van der Waals surface area (Å²) in [6.07, 6.45) is 0. The normalized spacial score (nSPS) is 19.8. The maximum Gasteiger partial charge on any atom is 0.259 e. The summed E-state index contributed by atoms with van der Waals surface area (Å²) >= 11 is 0. The lowest BCUT2D eigenvalue weighted by Crippen LogP contribution is -2.47. The molecule has 9 heteroatoms. The monoisotopic (exact) mass is 319 g/mol. The van der Waals surface area contributed by atoms with Crippen molar-refractivity contribution in [3.63, 3.8) is 0 Å². The summed E-state index contributed by atoms with van der Waals surface area (Å²) < 4.78 is 26.1. The van der Waals surface area contributed by atoms with Crippen LogP contribution >= 0.6 is 0 Å². The van der Waals surface area contributed by atoms with Crippen LogP contribution < -0.4 is 16.4 Å². The molecule has 4 N–H and O–H groups in total. The van der Waals surface area contributed by atoms with E-state index in [9.17, 15) is 18.4 Å². The van der Waals surface area contributed by atoms with E-state index < -0.39 is 29.4 Å². The number of hydrogen-bond acceptors (Lipinski definition) is 5. The van der Waals surface area contributed by atoms with Gasteiger partial charge in [0.25, 0.3) is 5.91 Å². The molecular weight excluding hydrogens is 308 g/mol. The van der Waals surface area contributed by atoms with Gasteiger partial charge in [-0.3, -0.25) is 9.59 Å². The van der Waals surface area contributed by atoms with Crippen molar-refractivity contribution in [1.82, 2.24) is 5.32 Å². The summed E-state index contributed by atoms with van der Waals surface area (Å²) in [4.78, 5) is 24.3. The molecule has 118 valence electrons. The molecule has 0 fully saturated rings. The third kappa shape index (κ3) is 2.45. The van der Waals surface area contributed by atoms with Crippen molar-refractivity contribution in [2.75, 3.05) is 5.32 Å². The van der Waals surface area contributed by atoms with Gasteiger partial charge in [0.1, 0.15) is 11.8 Å². The number of anilines is 1. The van der Waals surface area contributed by atoms with Crippen molar-refractivity contribution in [2.45, 2.75) is 6.92 Å². The van der Waals surface area contributed by atoms with Crippen LogP contribution in [0.5, 0.6) is 0 Å². The Balaban J connectivity index is 1.91. The summed E-state index contributed by atoms with van der Waals surface area (Å²) in [6, 6.07) is 2.96. The molecule has 7 nitrogen and oxygen atoms in total. The van der Waals surface area contributed by atoms with E-state index in [-0.39, 0.29) is 28.5 Å². The minimum Gasteiger partial charge on any atom is -0.385 e. The maximum absolute atomic E-state index is 13.2. The Morgan fingerprint density at radius 1 is 1.30 bits per heavy atom. The molecule has 23 heavy (non-hydrogen) atoms. The summed E-state index contributed by atoms with van der Waals surface area (Å²) in [6.45, 7) is 1.52. The number of nitrogens with one attached hydrogen (secondary N) is 2. The van der Waals surface area contributed by atoms with Crippen LogP contribution in [0.25, 0.3) is 0 Å². The van der Waals surface area contributed by atoms with Gasteiger partial charge in [0.2, 0.25) is 5.91 Å². The predicted octanol–water partition coefficient (Wildman–Crippen LogP) is 0.650. The van der Waals surface area contributed by atoms with Crippen molar-refractivity contribution < 1.29 is 18.4 Å². The van der Waals surface area contributed by atoms with Crippen LogP contribution in [0.15, 0.2) is 39.7 Å². The minimum absolute atomic E-state index is 0.0110. The van der Waals surface area contributed by atoms with E-state index in [1.54, 1.807) is 0 Å². The minimum atomic E-state index is -1.09. The maximum atomic E-state index is 13.2. The third-order valence-electron chi connectivity index (χ3n) is 3.45. The number of amides is 2. The van der Waals surface area contributed by atoms with Crippen LogP contribution in [-0.2, 0) is 9.59 Å². The quantitative estimate of drug-likeness (QED) is 0.744. The highest BCUT2D eigenvalue weighted by atomic mass is 19.2. The molecule has 1 aromatic rings. The third-order valence-corrected chi connectivity index (χ3v) is 3.45. The molecule has 0 aliphatic carbocycles. The van der Waals surface area contributed by atoms with Gasteiger partial charge in [-0.1, -0.05) is 0 Å². The van der Waals surface area contributed by atoms with Crippen molar-refractivity contribution in [3.05, 3.63) is 41.1 Å². The lowest BCUT2D eigenvalue weighted by Gasteiger charge is -2.23. The number of fused-ring (bicyclic) bond motifs is 1. The first kappa shape index (κ1) is 14.8. The summed E-state index contributed by atoms with van der Waals surface area (Å²) in [5.74, 6) is -4.11. The first-order valence-corrected chi connectivity index (χ1v) is 6.58. The molecule has 0 bridgehead atoms. The fraction of sp³-hybridized carbons (Fsp3) is 0.143. The van der Waals surface area contributed by atoms with Gasteiger partial charge in [0.05, 0.1) is 11.3 Å². The van der Waals surface area contributed by atoms with Gasteiger partial charge in [0.15, 0.2) is 11.6 Å². The van der Waals surface area contributed by atoms with Crippen LogP contribution in [0.2, 0.25) is 0 Å². The van der Waals surface area contributed by atoms with Crippen molar-refractivity contribution in [3.8, 4) is 0 Å². The number of carbonyl (C=O) groups is 2. The number of nitrogens with zero attached hydrogens (tertiary/aromatic N) is 2. The Labute approximate surface area is 129 Å². The molecule has 3 rings (SSSR count). The highest BCUT2D eigenvalue weighted by molar-refractivity contribution is 6.38. The lowest BCUT2D eigenvalue weighted by atomic mass is 9.90. The van der Waals surface area contributed by atoms with Gasteiger partial charge in [-0.2, -0.15) is 5.10 Å². The van der Waals surface area contributed by atoms with E-state index in [1.807, 2.05) is 0 Å². The Bertz CT molecular complexity index is 828. The molecule has 0 saturated carbocycles. The van der Waals surface area contributed by atoms with Gasteiger partial charge in [-0.05, 0) is 19.1 Å². The molecule has 2 amide bonds. The fourth-order valence-electron chi connectivity index (χ4n) is 2.39. The van der Waals surface area contributed by atoms with Gasteiger partial charge >= 0.3 is 0 Å². The van der Waals surface area contributed by atoms with Gasteiger partial charge < -0.3 is 16.4 Å². The van der Waals surface area contributed by atoms with Crippen LogP contribution in [0, 0.1) is 17.6 Å². The van der Waals surface area contributed by atoms with Gasteiger partial charge in [0, 0.05) is 17.5 Å². The van der Waals surface area contributed by atoms with Crippen LogP contribution in [0.3, 0.4) is 0 Å². The second-order valence-electron chi connectivity index (χ2n) is 5.02. The molecular formula is C14H11F2N5O2. The van der Waals surface area contributed by atoms with Crippen molar-refractivity contribution in [2.24, 2.45) is 21.9 Å². The molecule has 0 radical (unpaired) electrons. The largest absolute Gasteiger partial charge is 0.385 e. The van der Waals surface area contributed by atoms with E-state index >= 15 is 0 Å². The van der Waals surface area contributed by atoms with E-state index in [0.29, 0.717) is 0 Å². The average Bonchev–Trinajstić information content (AvgIpc) is 2.85. The van der Waals surface area contributed by atoms with Crippen LogP contribution in [0.1, 0.15) is 6.92 Å². The van der Waals surface area contributed by atoms with Crippen molar-refractivity contribution >= 4 is 29.0 Å². The molecule has 1 aromatic carbocycles. The zero-order valence-corrected chi connectivity index (χ0v) is 11.9. The smallest absolute Gasteiger partial charge is 0.259 e. The van der Waals surface area contributed by atoms with E-state index in [4.69, 9.17) is 5.73 Å². The molecule has 2 aliphatic heterocycles. The molecule has 0 aromatic heterocycles. The summed E-state index contributed by atoms with van der Waals surface area (Å²) in [5, 5.41) is 12.4. The molecule has 1 unspecified atom stereocenters. The predicted molar refractivity (Wildman–Crippen MR) is 78.4 cm³/mol. The SMILES string of the molecule is CC1=C(C(=O)Nc2ccc(F)c(F)c2)C2=NN=C(N)C2C(=O)N1. The molecule has 2 aliphatic rings. The number of nitrogens with two attached hydrogens (primary N) is 1. The lowest BCUT2D eigenvalue weighted by molar-refractivity contribution is -0.120. The second-order valence-corrected chi connectivity index (χ2v) is 5.02.